The van der Waals surface area contributed by atoms with Crippen molar-refractivity contribution in [2.45, 2.75) is 33.4 Å². The van der Waals surface area contributed by atoms with Gasteiger partial charge in [-0.1, -0.05) is 60.2 Å². The first-order valence-corrected chi connectivity index (χ1v) is 12.1. The minimum Gasteiger partial charge on any atom is -0.346 e. The summed E-state index contributed by atoms with van der Waals surface area (Å²) >= 11 is 1.32. The molecule has 0 unspecified atom stereocenters. The third-order valence-electron chi connectivity index (χ3n) is 5.86. The summed E-state index contributed by atoms with van der Waals surface area (Å²) in [5.41, 5.74) is 4.21. The summed E-state index contributed by atoms with van der Waals surface area (Å²) in [5, 5.41) is 12.4. The summed E-state index contributed by atoms with van der Waals surface area (Å²) in [7, 11) is 0. The fourth-order valence-corrected chi connectivity index (χ4v) is 4.54. The van der Waals surface area contributed by atoms with Crippen LogP contribution >= 0.6 is 11.3 Å². The summed E-state index contributed by atoms with van der Waals surface area (Å²) in [6.07, 6.45) is 0.967. The maximum atomic E-state index is 12.8. The molecule has 2 amide bonds. The number of hydrogen-bond acceptors (Lipinski definition) is 6. The van der Waals surface area contributed by atoms with Gasteiger partial charge in [0.2, 0.25) is 5.01 Å². The monoisotopic (exact) mass is 463 g/mol. The SMILES string of the molecule is CCc1ccc(C(=O)N2CCN(Cc3nnc(C(=O)NCc4ccc(C)cc4)s3)CC2)cc1. The van der Waals surface area contributed by atoms with Crippen LogP contribution in [0.3, 0.4) is 0 Å². The van der Waals surface area contributed by atoms with Gasteiger partial charge in [0.05, 0.1) is 6.54 Å². The fourth-order valence-electron chi connectivity index (χ4n) is 3.74. The number of benzene rings is 2. The standard InChI is InChI=1S/C25H29N5O2S/c1-3-19-8-10-21(11-9-19)25(32)30-14-12-29(13-15-30)17-22-27-28-24(33-22)23(31)26-16-20-6-4-18(2)5-7-20/h4-11H,3,12-17H2,1-2H3,(H,26,31). The smallest absolute Gasteiger partial charge is 0.282 e. The zero-order chi connectivity index (χ0) is 23.2. The number of rotatable bonds is 7. The predicted molar refractivity (Wildman–Crippen MR) is 129 cm³/mol. The highest BCUT2D eigenvalue weighted by Gasteiger charge is 2.23. The highest BCUT2D eigenvalue weighted by molar-refractivity contribution is 7.13. The Balaban J connectivity index is 1.24. The van der Waals surface area contributed by atoms with Crippen molar-refractivity contribution in [2.75, 3.05) is 26.2 Å². The van der Waals surface area contributed by atoms with Gasteiger partial charge in [-0.2, -0.15) is 0 Å². The van der Waals surface area contributed by atoms with Crippen molar-refractivity contribution >= 4 is 23.2 Å². The van der Waals surface area contributed by atoms with Crippen molar-refractivity contribution in [3.8, 4) is 0 Å². The lowest BCUT2D eigenvalue weighted by molar-refractivity contribution is 0.0628. The van der Waals surface area contributed by atoms with E-state index in [-0.39, 0.29) is 11.8 Å². The number of amides is 2. The molecule has 0 aliphatic carbocycles. The van der Waals surface area contributed by atoms with Crippen LogP contribution in [0.2, 0.25) is 0 Å². The molecule has 33 heavy (non-hydrogen) atoms. The molecular formula is C25H29N5O2S. The number of carbonyl (C=O) groups excluding carboxylic acids is 2. The Morgan fingerprint density at radius 3 is 2.27 bits per heavy atom. The van der Waals surface area contributed by atoms with E-state index in [0.717, 1.165) is 35.6 Å². The average Bonchev–Trinajstić information content (AvgIpc) is 3.32. The lowest BCUT2D eigenvalue weighted by Crippen LogP contribution is -2.48. The highest BCUT2D eigenvalue weighted by Crippen LogP contribution is 2.16. The Bertz CT molecular complexity index is 1090. The van der Waals surface area contributed by atoms with Crippen LogP contribution in [0.5, 0.6) is 0 Å². The van der Waals surface area contributed by atoms with Crippen molar-refractivity contribution < 1.29 is 9.59 Å². The Hall–Kier alpha value is -3.10. The Kier molecular flexibility index (Phi) is 7.47. The topological polar surface area (TPSA) is 78.4 Å². The third kappa shape index (κ3) is 6.03. The number of carbonyl (C=O) groups is 2. The molecule has 3 aromatic rings. The summed E-state index contributed by atoms with van der Waals surface area (Å²) in [4.78, 5) is 29.3. The second-order valence-corrected chi connectivity index (χ2v) is 9.35. The van der Waals surface area contributed by atoms with Crippen molar-refractivity contribution in [1.29, 1.82) is 0 Å². The fraction of sp³-hybridized carbons (Fsp3) is 0.360. The van der Waals surface area contributed by atoms with Crippen LogP contribution in [0.1, 0.15) is 48.8 Å². The van der Waals surface area contributed by atoms with Crippen LogP contribution in [-0.4, -0.2) is 58.0 Å². The molecule has 0 saturated carbocycles. The molecule has 172 valence electrons. The Labute approximate surface area is 198 Å². The molecule has 1 saturated heterocycles. The minimum absolute atomic E-state index is 0.0840. The quantitative estimate of drug-likeness (QED) is 0.582. The molecule has 0 atom stereocenters. The number of aromatic nitrogens is 2. The van der Waals surface area contributed by atoms with Crippen LogP contribution in [0.25, 0.3) is 0 Å². The molecule has 1 fully saturated rings. The van der Waals surface area contributed by atoms with Gasteiger partial charge in [0.25, 0.3) is 11.8 Å². The van der Waals surface area contributed by atoms with Gasteiger partial charge in [-0.15, -0.1) is 10.2 Å². The van der Waals surface area contributed by atoms with Gasteiger partial charge in [0, 0.05) is 38.3 Å². The number of nitrogens with one attached hydrogen (secondary N) is 1. The van der Waals surface area contributed by atoms with Crippen LogP contribution in [0.4, 0.5) is 0 Å². The van der Waals surface area contributed by atoms with Gasteiger partial charge in [0.1, 0.15) is 5.01 Å². The van der Waals surface area contributed by atoms with E-state index in [9.17, 15) is 9.59 Å². The lowest BCUT2D eigenvalue weighted by atomic mass is 10.1. The van der Waals surface area contributed by atoms with E-state index in [4.69, 9.17) is 0 Å². The molecule has 2 aromatic carbocycles. The molecule has 1 aliphatic rings. The van der Waals surface area contributed by atoms with Gasteiger partial charge in [-0.25, -0.2) is 0 Å². The predicted octanol–water partition coefficient (Wildman–Crippen LogP) is 3.30. The van der Waals surface area contributed by atoms with Gasteiger partial charge in [-0.3, -0.25) is 14.5 Å². The lowest BCUT2D eigenvalue weighted by Gasteiger charge is -2.34. The normalized spacial score (nSPS) is 14.3. The molecule has 1 aliphatic heterocycles. The van der Waals surface area contributed by atoms with Crippen molar-refractivity contribution in [2.24, 2.45) is 0 Å². The minimum atomic E-state index is -0.205. The summed E-state index contributed by atoms with van der Waals surface area (Å²) in [5.74, 6) is -0.121. The molecule has 8 heteroatoms. The van der Waals surface area contributed by atoms with E-state index in [1.165, 1.54) is 22.5 Å². The van der Waals surface area contributed by atoms with Crippen LogP contribution in [-0.2, 0) is 19.5 Å². The van der Waals surface area contributed by atoms with Crippen LogP contribution in [0, 0.1) is 6.92 Å². The van der Waals surface area contributed by atoms with Crippen molar-refractivity contribution in [3.05, 3.63) is 80.8 Å². The molecule has 0 bridgehead atoms. The molecular weight excluding hydrogens is 434 g/mol. The van der Waals surface area contributed by atoms with E-state index < -0.39 is 0 Å². The van der Waals surface area contributed by atoms with Gasteiger partial charge in [-0.05, 0) is 36.6 Å². The Morgan fingerprint density at radius 1 is 0.939 bits per heavy atom. The zero-order valence-corrected chi connectivity index (χ0v) is 19.9. The number of hydrogen-bond donors (Lipinski definition) is 1. The largest absolute Gasteiger partial charge is 0.346 e. The van der Waals surface area contributed by atoms with E-state index in [1.54, 1.807) is 0 Å². The number of aryl methyl sites for hydroxylation is 2. The molecule has 7 nitrogen and oxygen atoms in total. The van der Waals surface area contributed by atoms with Crippen LogP contribution < -0.4 is 5.32 Å². The van der Waals surface area contributed by atoms with Gasteiger partial charge >= 0.3 is 0 Å². The van der Waals surface area contributed by atoms with E-state index in [1.807, 2.05) is 60.4 Å². The average molecular weight is 464 g/mol. The first-order valence-electron chi connectivity index (χ1n) is 11.3. The summed E-state index contributed by atoms with van der Waals surface area (Å²) < 4.78 is 0. The first kappa shape index (κ1) is 23.1. The molecule has 0 radical (unpaired) electrons. The third-order valence-corrected chi connectivity index (χ3v) is 6.77. The maximum absolute atomic E-state index is 12.8. The zero-order valence-electron chi connectivity index (χ0n) is 19.1. The van der Waals surface area contributed by atoms with E-state index >= 15 is 0 Å². The molecule has 0 spiro atoms. The van der Waals surface area contributed by atoms with Crippen LogP contribution in [0.15, 0.2) is 48.5 Å². The first-order chi connectivity index (χ1) is 16.0. The van der Waals surface area contributed by atoms with Crippen molar-refractivity contribution in [3.63, 3.8) is 0 Å². The molecule has 4 rings (SSSR count). The van der Waals surface area contributed by atoms with Gasteiger partial charge < -0.3 is 10.2 Å². The summed E-state index contributed by atoms with van der Waals surface area (Å²) in [6, 6.07) is 15.9. The van der Waals surface area contributed by atoms with Gasteiger partial charge in [0.15, 0.2) is 0 Å². The number of piperazine rings is 1. The maximum Gasteiger partial charge on any atom is 0.282 e. The molecule has 2 heterocycles. The van der Waals surface area contributed by atoms with E-state index in [2.05, 4.69) is 27.3 Å². The second-order valence-electron chi connectivity index (χ2n) is 8.29. The van der Waals surface area contributed by atoms with Crippen molar-refractivity contribution in [1.82, 2.24) is 25.3 Å². The second kappa shape index (κ2) is 10.7. The highest BCUT2D eigenvalue weighted by atomic mass is 32.1. The number of nitrogens with zero attached hydrogens (tertiary/aromatic N) is 4. The Morgan fingerprint density at radius 2 is 1.61 bits per heavy atom. The van der Waals surface area contributed by atoms with E-state index in [0.29, 0.717) is 31.2 Å². The molecule has 1 N–H and O–H groups in total. The summed E-state index contributed by atoms with van der Waals surface area (Å²) in [6.45, 7) is 8.14. The molecule has 1 aromatic heterocycles.